The van der Waals surface area contributed by atoms with E-state index < -0.39 is 0 Å². The molecular formula is C14H18N4OS. The van der Waals surface area contributed by atoms with Crippen LogP contribution in [0.25, 0.3) is 10.2 Å². The summed E-state index contributed by atoms with van der Waals surface area (Å²) >= 11 is 1.70. The van der Waals surface area contributed by atoms with Crippen molar-refractivity contribution in [1.29, 1.82) is 0 Å². The Labute approximate surface area is 122 Å². The molecule has 0 bridgehead atoms. The van der Waals surface area contributed by atoms with E-state index in [1.807, 2.05) is 4.90 Å². The van der Waals surface area contributed by atoms with E-state index >= 15 is 0 Å². The number of carbonyl (C=O) groups is 1. The second kappa shape index (κ2) is 5.36. The van der Waals surface area contributed by atoms with Crippen LogP contribution < -0.4 is 4.90 Å². The van der Waals surface area contributed by atoms with Crippen LogP contribution in [-0.4, -0.2) is 47.0 Å². The van der Waals surface area contributed by atoms with Crippen molar-refractivity contribution in [2.24, 2.45) is 0 Å². The first kappa shape index (κ1) is 13.3. The lowest BCUT2D eigenvalue weighted by atomic mass is 10.3. The second-order valence-corrected chi connectivity index (χ2v) is 6.35. The van der Waals surface area contributed by atoms with E-state index in [9.17, 15) is 4.79 Å². The molecule has 1 saturated heterocycles. The van der Waals surface area contributed by atoms with Crippen LogP contribution in [0, 0.1) is 6.92 Å². The zero-order valence-corrected chi connectivity index (χ0v) is 12.6. The minimum Gasteiger partial charge on any atom is -0.354 e. The molecule has 3 heterocycles. The van der Waals surface area contributed by atoms with Crippen molar-refractivity contribution in [3.63, 3.8) is 0 Å². The number of hydrogen-bond acceptors (Lipinski definition) is 5. The molecule has 3 rings (SSSR count). The van der Waals surface area contributed by atoms with Gasteiger partial charge in [0.05, 0.1) is 5.39 Å². The summed E-state index contributed by atoms with van der Waals surface area (Å²) in [4.78, 5) is 26.8. The molecule has 0 aliphatic carbocycles. The van der Waals surface area contributed by atoms with Gasteiger partial charge in [-0.25, -0.2) is 9.97 Å². The van der Waals surface area contributed by atoms with Gasteiger partial charge in [-0.1, -0.05) is 0 Å². The fraction of sp³-hybridized carbons (Fsp3) is 0.500. The minimum atomic E-state index is 0.158. The van der Waals surface area contributed by atoms with Gasteiger partial charge in [-0.3, -0.25) is 4.79 Å². The molecule has 5 nitrogen and oxygen atoms in total. The fourth-order valence-corrected chi connectivity index (χ4v) is 3.50. The maximum atomic E-state index is 11.5. The predicted molar refractivity (Wildman–Crippen MR) is 81.2 cm³/mol. The molecule has 2 aromatic heterocycles. The summed E-state index contributed by atoms with van der Waals surface area (Å²) in [7, 11) is 0. The maximum absolute atomic E-state index is 11.5. The monoisotopic (exact) mass is 290 g/mol. The Morgan fingerprint density at radius 2 is 2.10 bits per heavy atom. The van der Waals surface area contributed by atoms with Crippen LogP contribution in [0.4, 0.5) is 5.82 Å². The van der Waals surface area contributed by atoms with Crippen molar-refractivity contribution in [3.05, 3.63) is 17.3 Å². The molecule has 1 aliphatic heterocycles. The summed E-state index contributed by atoms with van der Waals surface area (Å²) in [5, 5.41) is 1.13. The minimum absolute atomic E-state index is 0.158. The van der Waals surface area contributed by atoms with Gasteiger partial charge in [-0.05, 0) is 19.4 Å². The van der Waals surface area contributed by atoms with E-state index in [1.54, 1.807) is 24.6 Å². The predicted octanol–water partition coefficient (Wildman–Crippen LogP) is 2.06. The highest BCUT2D eigenvalue weighted by molar-refractivity contribution is 7.18. The Morgan fingerprint density at radius 1 is 1.25 bits per heavy atom. The Hall–Kier alpha value is -1.69. The largest absolute Gasteiger partial charge is 0.354 e. The topological polar surface area (TPSA) is 49.3 Å². The van der Waals surface area contributed by atoms with Crippen molar-refractivity contribution in [3.8, 4) is 0 Å². The van der Waals surface area contributed by atoms with Crippen LogP contribution in [0.15, 0.2) is 12.4 Å². The van der Waals surface area contributed by atoms with Gasteiger partial charge < -0.3 is 9.80 Å². The number of nitrogens with zero attached hydrogens (tertiary/aromatic N) is 4. The quantitative estimate of drug-likeness (QED) is 0.806. The number of carbonyl (C=O) groups excluding carboxylic acids is 1. The molecular weight excluding hydrogens is 272 g/mol. The van der Waals surface area contributed by atoms with E-state index in [-0.39, 0.29) is 5.91 Å². The maximum Gasteiger partial charge on any atom is 0.219 e. The average molecular weight is 290 g/mol. The van der Waals surface area contributed by atoms with E-state index in [0.717, 1.165) is 48.6 Å². The molecule has 1 fully saturated rings. The second-order valence-electron chi connectivity index (χ2n) is 5.12. The smallest absolute Gasteiger partial charge is 0.219 e. The first-order valence-electron chi connectivity index (χ1n) is 6.87. The number of aromatic nitrogens is 2. The van der Waals surface area contributed by atoms with E-state index in [0.29, 0.717) is 0 Å². The molecule has 20 heavy (non-hydrogen) atoms. The Bertz CT molecular complexity index is 639. The van der Waals surface area contributed by atoms with Crippen LogP contribution in [0.3, 0.4) is 0 Å². The van der Waals surface area contributed by atoms with Crippen molar-refractivity contribution < 1.29 is 4.79 Å². The zero-order chi connectivity index (χ0) is 14.1. The first-order chi connectivity index (χ1) is 9.65. The molecule has 0 radical (unpaired) electrons. The standard InChI is InChI=1S/C14H18N4OS/c1-10-8-12-13(15-9-16-14(12)20-10)18-5-3-4-17(6-7-18)11(2)19/h8-9H,3-7H2,1-2H3. The molecule has 1 amide bonds. The normalized spacial score (nSPS) is 16.5. The molecule has 0 N–H and O–H groups in total. The molecule has 0 saturated carbocycles. The third-order valence-corrected chi connectivity index (χ3v) is 4.63. The van der Waals surface area contributed by atoms with Crippen LogP contribution in [-0.2, 0) is 4.79 Å². The number of anilines is 1. The molecule has 2 aromatic rings. The highest BCUT2D eigenvalue weighted by Gasteiger charge is 2.19. The number of aryl methyl sites for hydroxylation is 1. The molecule has 6 heteroatoms. The third kappa shape index (κ3) is 2.47. The van der Waals surface area contributed by atoms with Gasteiger partial charge in [0.1, 0.15) is 17.0 Å². The van der Waals surface area contributed by atoms with E-state index in [1.165, 1.54) is 4.88 Å². The lowest BCUT2D eigenvalue weighted by Gasteiger charge is -2.22. The van der Waals surface area contributed by atoms with E-state index in [4.69, 9.17) is 0 Å². The number of rotatable bonds is 1. The van der Waals surface area contributed by atoms with E-state index in [2.05, 4.69) is 27.9 Å². The molecule has 0 atom stereocenters. The molecule has 0 aromatic carbocycles. The molecule has 0 spiro atoms. The van der Waals surface area contributed by atoms with Gasteiger partial charge in [-0.15, -0.1) is 11.3 Å². The van der Waals surface area contributed by atoms with Crippen molar-refractivity contribution in [1.82, 2.24) is 14.9 Å². The number of thiophene rings is 1. The fourth-order valence-electron chi connectivity index (χ4n) is 2.66. The summed E-state index contributed by atoms with van der Waals surface area (Å²) in [6.45, 7) is 7.11. The molecule has 106 valence electrons. The summed E-state index contributed by atoms with van der Waals surface area (Å²) in [5.74, 6) is 1.16. The molecule has 0 unspecified atom stereocenters. The number of hydrogen-bond donors (Lipinski definition) is 0. The Balaban J connectivity index is 1.89. The lowest BCUT2D eigenvalue weighted by Crippen LogP contribution is -2.33. The van der Waals surface area contributed by atoms with Gasteiger partial charge >= 0.3 is 0 Å². The number of fused-ring (bicyclic) bond motifs is 1. The highest BCUT2D eigenvalue weighted by Crippen LogP contribution is 2.30. The van der Waals surface area contributed by atoms with Gasteiger partial charge in [0.25, 0.3) is 0 Å². The zero-order valence-electron chi connectivity index (χ0n) is 11.8. The Morgan fingerprint density at radius 3 is 2.90 bits per heavy atom. The van der Waals surface area contributed by atoms with Gasteiger partial charge in [-0.2, -0.15) is 0 Å². The average Bonchev–Trinajstić information content (AvgIpc) is 2.64. The van der Waals surface area contributed by atoms with Crippen molar-refractivity contribution in [2.45, 2.75) is 20.3 Å². The van der Waals surface area contributed by atoms with Crippen LogP contribution in [0.1, 0.15) is 18.2 Å². The van der Waals surface area contributed by atoms with Crippen LogP contribution >= 0.6 is 11.3 Å². The summed E-state index contributed by atoms with van der Waals surface area (Å²) in [6, 6.07) is 2.16. The summed E-state index contributed by atoms with van der Waals surface area (Å²) < 4.78 is 0. The van der Waals surface area contributed by atoms with Crippen molar-refractivity contribution >= 4 is 33.3 Å². The van der Waals surface area contributed by atoms with Gasteiger partial charge in [0, 0.05) is 38.0 Å². The van der Waals surface area contributed by atoms with Crippen LogP contribution in [0.2, 0.25) is 0 Å². The Kier molecular flexibility index (Phi) is 3.56. The first-order valence-corrected chi connectivity index (χ1v) is 7.68. The van der Waals surface area contributed by atoms with Crippen LogP contribution in [0.5, 0.6) is 0 Å². The number of amides is 1. The highest BCUT2D eigenvalue weighted by atomic mass is 32.1. The summed E-state index contributed by atoms with van der Waals surface area (Å²) in [5.41, 5.74) is 0. The SMILES string of the molecule is CC(=O)N1CCCN(c2ncnc3sc(C)cc23)CC1. The van der Waals surface area contributed by atoms with Crippen molar-refractivity contribution in [2.75, 3.05) is 31.1 Å². The van der Waals surface area contributed by atoms with Gasteiger partial charge in [0.15, 0.2) is 0 Å². The summed E-state index contributed by atoms with van der Waals surface area (Å²) in [6.07, 6.45) is 2.62. The molecule has 1 aliphatic rings. The lowest BCUT2D eigenvalue weighted by molar-refractivity contribution is -0.128. The van der Waals surface area contributed by atoms with Gasteiger partial charge in [0.2, 0.25) is 5.91 Å². The third-order valence-electron chi connectivity index (χ3n) is 3.67.